The zero-order valence-electron chi connectivity index (χ0n) is 9.77. The molecule has 1 aromatic carbocycles. The van der Waals surface area contributed by atoms with Crippen LogP contribution < -0.4 is 5.32 Å². The molecule has 0 aliphatic rings. The first-order valence-electron chi connectivity index (χ1n) is 5.11. The number of oxazole rings is 1. The number of nitrogens with zero attached hydrogens (tertiary/aromatic N) is 1. The van der Waals surface area contributed by atoms with Gasteiger partial charge in [0.2, 0.25) is 20.7 Å². The quantitative estimate of drug-likeness (QED) is 0.923. The molecule has 7 heteroatoms. The molecule has 0 amide bonds. The van der Waals surface area contributed by atoms with E-state index in [4.69, 9.17) is 4.42 Å². The van der Waals surface area contributed by atoms with E-state index in [9.17, 15) is 12.8 Å². The van der Waals surface area contributed by atoms with E-state index in [1.165, 1.54) is 32.2 Å². The van der Waals surface area contributed by atoms with E-state index >= 15 is 0 Å². The second-order valence-electron chi connectivity index (χ2n) is 3.58. The lowest BCUT2D eigenvalue weighted by molar-refractivity contribution is 0.534. The highest BCUT2D eigenvalue weighted by atomic mass is 32.2. The van der Waals surface area contributed by atoms with Crippen molar-refractivity contribution in [1.29, 1.82) is 0 Å². The van der Waals surface area contributed by atoms with Crippen LogP contribution in [0.1, 0.15) is 5.89 Å². The molecule has 1 heterocycles. The summed E-state index contributed by atoms with van der Waals surface area (Å²) in [4.78, 5) is 3.66. The van der Waals surface area contributed by atoms with E-state index < -0.39 is 15.7 Å². The highest BCUT2D eigenvalue weighted by Gasteiger charge is 2.26. The third-order valence-electron chi connectivity index (χ3n) is 2.29. The van der Waals surface area contributed by atoms with Crippen LogP contribution in [0.3, 0.4) is 0 Å². The number of hydrogen-bond acceptors (Lipinski definition) is 5. The first kappa shape index (κ1) is 12.6. The molecule has 0 aliphatic carbocycles. The van der Waals surface area contributed by atoms with E-state index in [1.807, 2.05) is 0 Å². The van der Waals surface area contributed by atoms with Crippen LogP contribution in [0.15, 0.2) is 38.6 Å². The topological polar surface area (TPSA) is 72.2 Å². The first-order valence-corrected chi connectivity index (χ1v) is 6.59. The Morgan fingerprint density at radius 3 is 2.72 bits per heavy atom. The highest BCUT2D eigenvalue weighted by molar-refractivity contribution is 7.91. The van der Waals surface area contributed by atoms with Gasteiger partial charge in [0.05, 0.1) is 4.90 Å². The average molecular weight is 270 g/mol. The Kier molecular flexibility index (Phi) is 3.08. The third-order valence-corrected chi connectivity index (χ3v) is 3.95. The van der Waals surface area contributed by atoms with Crippen LogP contribution >= 0.6 is 0 Å². The number of benzene rings is 1. The summed E-state index contributed by atoms with van der Waals surface area (Å²) in [5, 5.41) is 2.36. The van der Waals surface area contributed by atoms with E-state index in [1.54, 1.807) is 0 Å². The van der Waals surface area contributed by atoms with Crippen LogP contribution in [0.25, 0.3) is 0 Å². The van der Waals surface area contributed by atoms with Crippen LogP contribution in [0.5, 0.6) is 0 Å². The van der Waals surface area contributed by atoms with Crippen molar-refractivity contribution in [1.82, 2.24) is 4.98 Å². The number of hydrogen-bond donors (Lipinski definition) is 1. The number of rotatable bonds is 3. The summed E-state index contributed by atoms with van der Waals surface area (Å²) < 4.78 is 42.7. The second-order valence-corrected chi connectivity index (χ2v) is 5.44. The van der Waals surface area contributed by atoms with Gasteiger partial charge in [-0.05, 0) is 18.2 Å². The monoisotopic (exact) mass is 270 g/mol. The van der Waals surface area contributed by atoms with Gasteiger partial charge >= 0.3 is 0 Å². The molecule has 2 rings (SSSR count). The number of aromatic nitrogens is 1. The minimum atomic E-state index is -3.89. The smallest absolute Gasteiger partial charge is 0.233 e. The lowest BCUT2D eigenvalue weighted by Crippen LogP contribution is -2.05. The summed E-state index contributed by atoms with van der Waals surface area (Å²) >= 11 is 0. The van der Waals surface area contributed by atoms with Gasteiger partial charge in [0.1, 0.15) is 5.82 Å². The third kappa shape index (κ3) is 2.08. The molecule has 2 aromatic rings. The van der Waals surface area contributed by atoms with E-state index in [-0.39, 0.29) is 21.7 Å². The number of anilines is 1. The Balaban J connectivity index is 2.61. The fourth-order valence-electron chi connectivity index (χ4n) is 1.49. The van der Waals surface area contributed by atoms with Crippen molar-refractivity contribution in [2.75, 3.05) is 12.4 Å². The molecule has 0 saturated heterocycles. The van der Waals surface area contributed by atoms with Crippen molar-refractivity contribution in [3.05, 3.63) is 36.0 Å². The average Bonchev–Trinajstić information content (AvgIpc) is 2.71. The van der Waals surface area contributed by atoms with Gasteiger partial charge < -0.3 is 9.73 Å². The molecule has 0 saturated carbocycles. The summed E-state index contributed by atoms with van der Waals surface area (Å²) in [6.45, 7) is 1.53. The Hall–Kier alpha value is -1.89. The molecule has 0 spiro atoms. The van der Waals surface area contributed by atoms with Gasteiger partial charge in [-0.15, -0.1) is 0 Å². The Morgan fingerprint density at radius 1 is 1.39 bits per heavy atom. The van der Waals surface area contributed by atoms with Gasteiger partial charge in [-0.3, -0.25) is 0 Å². The molecule has 0 radical (unpaired) electrons. The minimum Gasteiger partial charge on any atom is -0.424 e. The van der Waals surface area contributed by atoms with Crippen LogP contribution in [-0.4, -0.2) is 20.4 Å². The fraction of sp³-hybridized carbons (Fsp3) is 0.182. The molecular weight excluding hydrogens is 259 g/mol. The van der Waals surface area contributed by atoms with Crippen molar-refractivity contribution in [3.8, 4) is 0 Å². The van der Waals surface area contributed by atoms with Crippen molar-refractivity contribution in [2.24, 2.45) is 0 Å². The summed E-state index contributed by atoms with van der Waals surface area (Å²) in [6.07, 6.45) is 0. The normalized spacial score (nSPS) is 11.5. The predicted octanol–water partition coefficient (Wildman–Crippen LogP) is 2.00. The molecule has 0 aliphatic heterocycles. The number of aryl methyl sites for hydroxylation is 1. The van der Waals surface area contributed by atoms with Gasteiger partial charge in [-0.25, -0.2) is 12.8 Å². The number of sulfone groups is 1. The molecule has 0 unspecified atom stereocenters. The lowest BCUT2D eigenvalue weighted by atomic mass is 10.4. The maximum atomic E-state index is 13.1. The lowest BCUT2D eigenvalue weighted by Gasteiger charge is -2.02. The first-order chi connectivity index (χ1) is 8.45. The van der Waals surface area contributed by atoms with Gasteiger partial charge in [-0.1, -0.05) is 6.07 Å². The Bertz CT molecular complexity index is 679. The molecule has 18 heavy (non-hydrogen) atoms. The van der Waals surface area contributed by atoms with E-state index in [2.05, 4.69) is 10.3 Å². The number of halogens is 1. The summed E-state index contributed by atoms with van der Waals surface area (Å²) in [5.74, 6) is -0.367. The van der Waals surface area contributed by atoms with Crippen LogP contribution in [0.2, 0.25) is 0 Å². The second kappa shape index (κ2) is 4.41. The van der Waals surface area contributed by atoms with Gasteiger partial charge in [-0.2, -0.15) is 4.98 Å². The van der Waals surface area contributed by atoms with Crippen molar-refractivity contribution in [3.63, 3.8) is 0 Å². The summed E-state index contributed by atoms with van der Waals surface area (Å²) in [6, 6.07) is 4.75. The van der Waals surface area contributed by atoms with E-state index in [0.29, 0.717) is 0 Å². The minimum absolute atomic E-state index is 0.0387. The SMILES string of the molecule is CNc1oc(C)nc1S(=O)(=O)c1cccc(F)c1. The summed E-state index contributed by atoms with van der Waals surface area (Å²) in [7, 11) is -2.37. The maximum Gasteiger partial charge on any atom is 0.233 e. The van der Waals surface area contributed by atoms with Gasteiger partial charge in [0, 0.05) is 14.0 Å². The molecular formula is C11H11FN2O3S. The van der Waals surface area contributed by atoms with Gasteiger partial charge in [0.25, 0.3) is 0 Å². The van der Waals surface area contributed by atoms with Crippen LogP contribution in [0.4, 0.5) is 10.3 Å². The van der Waals surface area contributed by atoms with E-state index in [0.717, 1.165) is 6.07 Å². The Morgan fingerprint density at radius 2 is 2.11 bits per heavy atom. The van der Waals surface area contributed by atoms with Crippen LogP contribution in [0, 0.1) is 12.7 Å². The molecule has 5 nitrogen and oxygen atoms in total. The van der Waals surface area contributed by atoms with Crippen molar-refractivity contribution >= 4 is 15.7 Å². The molecule has 0 bridgehead atoms. The highest BCUT2D eigenvalue weighted by Crippen LogP contribution is 2.27. The van der Waals surface area contributed by atoms with Crippen molar-refractivity contribution in [2.45, 2.75) is 16.8 Å². The predicted molar refractivity (Wildman–Crippen MR) is 62.6 cm³/mol. The molecule has 0 fully saturated rings. The molecule has 0 atom stereocenters. The fourth-order valence-corrected chi connectivity index (χ4v) is 2.88. The largest absolute Gasteiger partial charge is 0.424 e. The van der Waals surface area contributed by atoms with Crippen LogP contribution in [-0.2, 0) is 9.84 Å². The van der Waals surface area contributed by atoms with Gasteiger partial charge in [0.15, 0.2) is 5.89 Å². The molecule has 96 valence electrons. The maximum absolute atomic E-state index is 13.1. The zero-order valence-corrected chi connectivity index (χ0v) is 10.6. The van der Waals surface area contributed by atoms with Crippen molar-refractivity contribution < 1.29 is 17.2 Å². The molecule has 1 N–H and O–H groups in total. The zero-order chi connectivity index (χ0) is 13.3. The summed E-state index contributed by atoms with van der Waals surface area (Å²) in [5.41, 5.74) is 0. The number of nitrogens with one attached hydrogen (secondary N) is 1. The standard InChI is InChI=1S/C11H11FN2O3S/c1-7-14-11(10(13-2)17-7)18(15,16)9-5-3-4-8(12)6-9/h3-6,13H,1-2H3. The molecule has 1 aromatic heterocycles. The Labute approximate surface area is 104 Å².